The Bertz CT molecular complexity index is 728. The molecule has 1 unspecified atom stereocenters. The van der Waals surface area contributed by atoms with Gasteiger partial charge in [-0.3, -0.25) is 19.4 Å². The van der Waals surface area contributed by atoms with Crippen molar-refractivity contribution >= 4 is 5.91 Å². The standard InChI is InChI=1S/C18H26N6O/c1-4-23-13-17(20-21-23)18(25)24-10-6-8-15(24)11-22(3)12-16-14(2)7-5-9-19-16/h5,7,9,13,15H,4,6,8,10-12H2,1-3H3. The normalized spacial score (nSPS) is 17.4. The van der Waals surface area contributed by atoms with Crippen molar-refractivity contribution in [3.8, 4) is 0 Å². The van der Waals surface area contributed by atoms with Gasteiger partial charge in [0, 0.05) is 38.4 Å². The Hall–Kier alpha value is -2.28. The van der Waals surface area contributed by atoms with Crippen molar-refractivity contribution in [2.45, 2.75) is 45.8 Å². The summed E-state index contributed by atoms with van der Waals surface area (Å²) in [4.78, 5) is 21.4. The van der Waals surface area contributed by atoms with Crippen LogP contribution >= 0.6 is 0 Å². The van der Waals surface area contributed by atoms with Crippen molar-refractivity contribution < 1.29 is 4.79 Å². The number of carbonyl (C=O) groups excluding carboxylic acids is 1. The van der Waals surface area contributed by atoms with Crippen molar-refractivity contribution in [1.82, 2.24) is 29.8 Å². The van der Waals surface area contributed by atoms with Gasteiger partial charge in [-0.25, -0.2) is 0 Å². The van der Waals surface area contributed by atoms with E-state index in [4.69, 9.17) is 0 Å². The first-order chi connectivity index (χ1) is 12.1. The first kappa shape index (κ1) is 17.5. The van der Waals surface area contributed by atoms with Gasteiger partial charge in [-0.15, -0.1) is 5.10 Å². The zero-order valence-corrected chi connectivity index (χ0v) is 15.2. The van der Waals surface area contributed by atoms with Gasteiger partial charge in [0.1, 0.15) is 0 Å². The topological polar surface area (TPSA) is 67.2 Å². The Labute approximate surface area is 148 Å². The van der Waals surface area contributed by atoms with E-state index in [1.54, 1.807) is 10.9 Å². The fraction of sp³-hybridized carbons (Fsp3) is 0.556. The number of aromatic nitrogens is 4. The first-order valence-corrected chi connectivity index (χ1v) is 8.88. The number of rotatable bonds is 6. The predicted molar refractivity (Wildman–Crippen MR) is 95.1 cm³/mol. The molecule has 0 radical (unpaired) electrons. The minimum atomic E-state index is -0.00961. The van der Waals surface area contributed by atoms with Crippen LogP contribution in [0.2, 0.25) is 0 Å². The van der Waals surface area contributed by atoms with Gasteiger partial charge >= 0.3 is 0 Å². The summed E-state index contributed by atoms with van der Waals surface area (Å²) in [5.74, 6) is -0.00961. The lowest BCUT2D eigenvalue weighted by Crippen LogP contribution is -2.42. The van der Waals surface area contributed by atoms with E-state index in [1.165, 1.54) is 5.56 Å². The SMILES string of the molecule is CCn1cc(C(=O)N2CCCC2CN(C)Cc2ncccc2C)nn1. The Balaban J connectivity index is 1.63. The average Bonchev–Trinajstić information content (AvgIpc) is 3.25. The van der Waals surface area contributed by atoms with Crippen LogP contribution in [-0.2, 0) is 13.1 Å². The van der Waals surface area contributed by atoms with Gasteiger partial charge in [-0.05, 0) is 45.4 Å². The maximum absolute atomic E-state index is 12.8. The summed E-state index contributed by atoms with van der Waals surface area (Å²) in [6.07, 6.45) is 5.63. The van der Waals surface area contributed by atoms with E-state index >= 15 is 0 Å². The molecule has 7 nitrogen and oxygen atoms in total. The molecule has 1 saturated heterocycles. The second-order valence-corrected chi connectivity index (χ2v) is 6.72. The second kappa shape index (κ2) is 7.74. The molecule has 134 valence electrons. The largest absolute Gasteiger partial charge is 0.333 e. The Morgan fingerprint density at radius 2 is 2.28 bits per heavy atom. The lowest BCUT2D eigenvalue weighted by Gasteiger charge is -2.28. The van der Waals surface area contributed by atoms with Crippen LogP contribution in [0.3, 0.4) is 0 Å². The Morgan fingerprint density at radius 3 is 3.00 bits per heavy atom. The number of aryl methyl sites for hydroxylation is 2. The van der Waals surface area contributed by atoms with Crippen molar-refractivity contribution in [1.29, 1.82) is 0 Å². The molecule has 0 saturated carbocycles. The smallest absolute Gasteiger partial charge is 0.276 e. The number of hydrogen-bond acceptors (Lipinski definition) is 5. The van der Waals surface area contributed by atoms with Crippen LogP contribution < -0.4 is 0 Å². The van der Waals surface area contributed by atoms with Crippen LogP contribution in [0, 0.1) is 6.92 Å². The third-order valence-electron chi connectivity index (χ3n) is 4.78. The molecule has 2 aromatic heterocycles. The number of nitrogens with zero attached hydrogens (tertiary/aromatic N) is 6. The van der Waals surface area contributed by atoms with Gasteiger partial charge in [0.2, 0.25) is 0 Å². The van der Waals surface area contributed by atoms with Gasteiger partial charge in [0.15, 0.2) is 5.69 Å². The van der Waals surface area contributed by atoms with Crippen LogP contribution in [0.1, 0.15) is 41.5 Å². The Kier molecular flexibility index (Phi) is 5.43. The third-order valence-corrected chi connectivity index (χ3v) is 4.78. The first-order valence-electron chi connectivity index (χ1n) is 8.88. The van der Waals surface area contributed by atoms with E-state index < -0.39 is 0 Å². The Morgan fingerprint density at radius 1 is 1.44 bits per heavy atom. The second-order valence-electron chi connectivity index (χ2n) is 6.72. The van der Waals surface area contributed by atoms with Gasteiger partial charge < -0.3 is 4.90 Å². The molecular weight excluding hydrogens is 316 g/mol. The maximum Gasteiger partial charge on any atom is 0.276 e. The van der Waals surface area contributed by atoms with Gasteiger partial charge in [-0.2, -0.15) is 0 Å². The highest BCUT2D eigenvalue weighted by Crippen LogP contribution is 2.21. The van der Waals surface area contributed by atoms with Crippen molar-refractivity contribution in [2.24, 2.45) is 0 Å². The highest BCUT2D eigenvalue weighted by atomic mass is 16.2. The molecule has 0 aliphatic carbocycles. The molecule has 3 heterocycles. The fourth-order valence-electron chi connectivity index (χ4n) is 3.35. The van der Waals surface area contributed by atoms with E-state index in [0.29, 0.717) is 5.69 Å². The van der Waals surface area contributed by atoms with E-state index in [-0.39, 0.29) is 11.9 Å². The van der Waals surface area contributed by atoms with Crippen molar-refractivity contribution in [2.75, 3.05) is 20.1 Å². The minimum absolute atomic E-state index is 0.00961. The molecule has 0 aromatic carbocycles. The molecule has 0 N–H and O–H groups in total. The summed E-state index contributed by atoms with van der Waals surface area (Å²) in [5.41, 5.74) is 2.73. The molecule has 1 atom stereocenters. The zero-order chi connectivity index (χ0) is 17.8. The number of hydrogen-bond donors (Lipinski definition) is 0. The lowest BCUT2D eigenvalue weighted by atomic mass is 10.1. The van der Waals surface area contributed by atoms with Crippen LogP contribution in [0.25, 0.3) is 0 Å². The molecule has 1 amide bonds. The van der Waals surface area contributed by atoms with Crippen molar-refractivity contribution in [3.63, 3.8) is 0 Å². The van der Waals surface area contributed by atoms with Gasteiger partial charge in [-0.1, -0.05) is 11.3 Å². The number of likely N-dealkylation sites (N-methyl/N-ethyl adjacent to an activating group) is 1. The summed E-state index contributed by atoms with van der Waals surface area (Å²) in [7, 11) is 2.09. The monoisotopic (exact) mass is 342 g/mol. The summed E-state index contributed by atoms with van der Waals surface area (Å²) in [5, 5.41) is 8.00. The van der Waals surface area contributed by atoms with Crippen LogP contribution in [0.5, 0.6) is 0 Å². The quantitative estimate of drug-likeness (QED) is 0.800. The third kappa shape index (κ3) is 4.04. The highest BCUT2D eigenvalue weighted by molar-refractivity contribution is 5.92. The van der Waals surface area contributed by atoms with E-state index in [2.05, 4.69) is 40.2 Å². The highest BCUT2D eigenvalue weighted by Gasteiger charge is 2.31. The molecule has 0 bridgehead atoms. The summed E-state index contributed by atoms with van der Waals surface area (Å²) in [6, 6.07) is 4.26. The summed E-state index contributed by atoms with van der Waals surface area (Å²) in [6.45, 7) is 7.20. The molecule has 1 fully saturated rings. The molecule has 0 spiro atoms. The van der Waals surface area contributed by atoms with Gasteiger partial charge in [0.05, 0.1) is 11.9 Å². The van der Waals surface area contributed by atoms with Crippen LogP contribution in [-0.4, -0.2) is 61.9 Å². The van der Waals surface area contributed by atoms with E-state index in [1.807, 2.05) is 24.1 Å². The predicted octanol–water partition coefficient (Wildman–Crippen LogP) is 1.74. The lowest BCUT2D eigenvalue weighted by molar-refractivity contribution is 0.0701. The average molecular weight is 342 g/mol. The van der Waals surface area contributed by atoms with E-state index in [0.717, 1.165) is 44.7 Å². The fourth-order valence-corrected chi connectivity index (χ4v) is 3.35. The van der Waals surface area contributed by atoms with Gasteiger partial charge in [0.25, 0.3) is 5.91 Å². The number of carbonyl (C=O) groups is 1. The number of likely N-dealkylation sites (tertiary alicyclic amines) is 1. The molecule has 7 heteroatoms. The summed E-state index contributed by atoms with van der Waals surface area (Å²) < 4.78 is 1.69. The van der Waals surface area contributed by atoms with E-state index in [9.17, 15) is 4.79 Å². The molecule has 1 aliphatic rings. The molecule has 1 aliphatic heterocycles. The molecule has 2 aromatic rings. The minimum Gasteiger partial charge on any atom is -0.333 e. The van der Waals surface area contributed by atoms with Crippen LogP contribution in [0.4, 0.5) is 0 Å². The molecule has 3 rings (SSSR count). The number of pyridine rings is 1. The molecule has 25 heavy (non-hydrogen) atoms. The summed E-state index contributed by atoms with van der Waals surface area (Å²) >= 11 is 0. The number of amides is 1. The van der Waals surface area contributed by atoms with Crippen LogP contribution in [0.15, 0.2) is 24.5 Å². The zero-order valence-electron chi connectivity index (χ0n) is 15.2. The van der Waals surface area contributed by atoms with Crippen molar-refractivity contribution in [3.05, 3.63) is 41.5 Å². The molecular formula is C18H26N6O. The maximum atomic E-state index is 12.8.